The van der Waals surface area contributed by atoms with Crippen LogP contribution in [0.4, 0.5) is 0 Å². The first-order valence-corrected chi connectivity index (χ1v) is 12.0. The summed E-state index contributed by atoms with van der Waals surface area (Å²) in [6.07, 6.45) is 3.56. The summed E-state index contributed by atoms with van der Waals surface area (Å²) in [5.41, 5.74) is 0. The van der Waals surface area contributed by atoms with Crippen molar-refractivity contribution < 1.29 is 22.8 Å². The first-order valence-electron chi connectivity index (χ1n) is 10.6. The van der Waals surface area contributed by atoms with E-state index in [1.54, 1.807) is 35.2 Å². The van der Waals surface area contributed by atoms with Crippen molar-refractivity contribution in [2.24, 2.45) is 11.8 Å². The van der Waals surface area contributed by atoms with Gasteiger partial charge in [-0.1, -0.05) is 31.0 Å². The number of hydrogen-bond donors (Lipinski definition) is 0. The maximum atomic E-state index is 12.7. The number of hydrogen-bond acceptors (Lipinski definition) is 5. The van der Waals surface area contributed by atoms with Crippen molar-refractivity contribution in [3.8, 4) is 0 Å². The Kier molecular flexibility index (Phi) is 5.92. The summed E-state index contributed by atoms with van der Waals surface area (Å²) in [4.78, 5) is 40.8. The Morgan fingerprint density at radius 3 is 2.03 bits per heavy atom. The SMILES string of the molecule is O=C(CCN1C(=O)[C@@H]2CCCC[C@H]2C1=O)N1CCN(S(=O)(=O)c2ccccc2)CC1. The topological polar surface area (TPSA) is 95.1 Å². The Morgan fingerprint density at radius 2 is 1.47 bits per heavy atom. The molecule has 1 aromatic rings. The summed E-state index contributed by atoms with van der Waals surface area (Å²) in [5, 5.41) is 0. The third kappa shape index (κ3) is 3.88. The number of nitrogens with zero attached hydrogens (tertiary/aromatic N) is 3. The van der Waals surface area contributed by atoms with Gasteiger partial charge in [-0.3, -0.25) is 19.3 Å². The molecule has 2 saturated heterocycles. The molecule has 0 bridgehead atoms. The van der Waals surface area contributed by atoms with E-state index in [1.807, 2.05) is 0 Å². The monoisotopic (exact) mass is 433 g/mol. The van der Waals surface area contributed by atoms with Crippen molar-refractivity contribution in [2.75, 3.05) is 32.7 Å². The number of sulfonamides is 1. The standard InChI is InChI=1S/C21H27N3O5S/c25-19(10-11-24-20(26)17-8-4-5-9-18(17)21(24)27)22-12-14-23(15-13-22)30(28,29)16-6-2-1-3-7-16/h1-3,6-7,17-18H,4-5,8-15H2/t17-,18-/m1/s1. The second kappa shape index (κ2) is 8.47. The zero-order valence-corrected chi connectivity index (χ0v) is 17.7. The summed E-state index contributed by atoms with van der Waals surface area (Å²) >= 11 is 0. The molecule has 3 fully saturated rings. The molecule has 2 aliphatic heterocycles. The smallest absolute Gasteiger partial charge is 0.243 e. The zero-order valence-electron chi connectivity index (χ0n) is 16.9. The second-order valence-corrected chi connectivity index (χ2v) is 10.1. The minimum absolute atomic E-state index is 0.0857. The van der Waals surface area contributed by atoms with Crippen LogP contribution in [0.25, 0.3) is 0 Å². The third-order valence-electron chi connectivity index (χ3n) is 6.45. The fourth-order valence-electron chi connectivity index (χ4n) is 4.74. The van der Waals surface area contributed by atoms with Gasteiger partial charge >= 0.3 is 0 Å². The first kappa shape index (κ1) is 21.0. The van der Waals surface area contributed by atoms with Crippen LogP contribution in [0.2, 0.25) is 0 Å². The summed E-state index contributed by atoms with van der Waals surface area (Å²) in [6, 6.07) is 8.26. The summed E-state index contributed by atoms with van der Waals surface area (Å²) in [5.74, 6) is -0.809. The molecule has 0 unspecified atom stereocenters. The number of likely N-dealkylation sites (tertiary alicyclic amines) is 1. The lowest BCUT2D eigenvalue weighted by Gasteiger charge is -2.34. The number of fused-ring (bicyclic) bond motifs is 1. The minimum atomic E-state index is -3.57. The number of imide groups is 1. The minimum Gasteiger partial charge on any atom is -0.340 e. The summed E-state index contributed by atoms with van der Waals surface area (Å²) in [6.45, 7) is 1.19. The zero-order chi connectivity index (χ0) is 21.3. The molecule has 2 atom stereocenters. The normalized spacial score (nSPS) is 25.5. The van der Waals surface area contributed by atoms with Gasteiger partial charge in [-0.25, -0.2) is 8.42 Å². The molecule has 8 nitrogen and oxygen atoms in total. The highest BCUT2D eigenvalue weighted by atomic mass is 32.2. The van der Waals surface area contributed by atoms with Gasteiger partial charge in [0.2, 0.25) is 27.7 Å². The van der Waals surface area contributed by atoms with Crippen LogP contribution in [0.5, 0.6) is 0 Å². The van der Waals surface area contributed by atoms with Crippen LogP contribution in [0.1, 0.15) is 32.1 Å². The number of amides is 3. The van der Waals surface area contributed by atoms with Crippen molar-refractivity contribution >= 4 is 27.7 Å². The largest absolute Gasteiger partial charge is 0.340 e. The van der Waals surface area contributed by atoms with Crippen LogP contribution in [0, 0.1) is 11.8 Å². The van der Waals surface area contributed by atoms with Gasteiger partial charge in [0.25, 0.3) is 0 Å². The quantitative estimate of drug-likeness (QED) is 0.648. The Bertz CT molecular complexity index is 901. The number of piperazine rings is 1. The van der Waals surface area contributed by atoms with Crippen molar-refractivity contribution in [1.82, 2.24) is 14.1 Å². The van der Waals surface area contributed by atoms with Gasteiger partial charge in [-0.05, 0) is 25.0 Å². The number of carbonyl (C=O) groups is 3. The van der Waals surface area contributed by atoms with Gasteiger partial charge in [0.05, 0.1) is 16.7 Å². The fourth-order valence-corrected chi connectivity index (χ4v) is 6.18. The van der Waals surface area contributed by atoms with E-state index in [0.717, 1.165) is 25.7 Å². The maximum absolute atomic E-state index is 12.7. The van der Waals surface area contributed by atoms with Crippen molar-refractivity contribution in [3.63, 3.8) is 0 Å². The number of carbonyl (C=O) groups excluding carboxylic acids is 3. The summed E-state index contributed by atoms with van der Waals surface area (Å²) < 4.78 is 26.8. The van der Waals surface area contributed by atoms with Crippen LogP contribution in [0.3, 0.4) is 0 Å². The lowest BCUT2D eigenvalue weighted by Crippen LogP contribution is -2.51. The van der Waals surface area contributed by atoms with Crippen LogP contribution < -0.4 is 0 Å². The highest BCUT2D eigenvalue weighted by molar-refractivity contribution is 7.89. The van der Waals surface area contributed by atoms with E-state index in [0.29, 0.717) is 13.1 Å². The molecular weight excluding hydrogens is 406 g/mol. The maximum Gasteiger partial charge on any atom is 0.243 e. The Labute approximate surface area is 176 Å². The molecule has 4 rings (SSSR count). The third-order valence-corrected chi connectivity index (χ3v) is 8.37. The van der Waals surface area contributed by atoms with E-state index >= 15 is 0 Å². The predicted molar refractivity (Wildman–Crippen MR) is 109 cm³/mol. The first-order chi connectivity index (χ1) is 14.4. The van der Waals surface area contributed by atoms with E-state index < -0.39 is 10.0 Å². The van der Waals surface area contributed by atoms with Crippen LogP contribution in [0.15, 0.2) is 35.2 Å². The van der Waals surface area contributed by atoms with Gasteiger partial charge in [0.15, 0.2) is 0 Å². The van der Waals surface area contributed by atoms with Crippen molar-refractivity contribution in [3.05, 3.63) is 30.3 Å². The highest BCUT2D eigenvalue weighted by Gasteiger charge is 2.48. The fraction of sp³-hybridized carbons (Fsp3) is 0.571. The van der Waals surface area contributed by atoms with Gasteiger partial charge in [-0.2, -0.15) is 4.31 Å². The highest BCUT2D eigenvalue weighted by Crippen LogP contribution is 2.38. The van der Waals surface area contributed by atoms with E-state index in [1.165, 1.54) is 9.21 Å². The molecule has 0 N–H and O–H groups in total. The second-order valence-electron chi connectivity index (χ2n) is 8.17. The summed E-state index contributed by atoms with van der Waals surface area (Å²) in [7, 11) is -3.57. The van der Waals surface area contributed by atoms with E-state index in [2.05, 4.69) is 0 Å². The van der Waals surface area contributed by atoms with Gasteiger partial charge < -0.3 is 4.90 Å². The molecule has 30 heavy (non-hydrogen) atoms. The van der Waals surface area contributed by atoms with Gasteiger partial charge in [0.1, 0.15) is 0 Å². The molecule has 3 aliphatic rings. The molecule has 162 valence electrons. The van der Waals surface area contributed by atoms with Crippen molar-refractivity contribution in [1.29, 1.82) is 0 Å². The number of benzene rings is 1. The molecule has 0 radical (unpaired) electrons. The molecule has 0 spiro atoms. The predicted octanol–water partition coefficient (Wildman–Crippen LogP) is 1.08. The molecule has 1 saturated carbocycles. The number of rotatable bonds is 5. The lowest BCUT2D eigenvalue weighted by atomic mass is 9.81. The van der Waals surface area contributed by atoms with Crippen LogP contribution >= 0.6 is 0 Å². The van der Waals surface area contributed by atoms with Gasteiger partial charge in [-0.15, -0.1) is 0 Å². The Balaban J connectivity index is 1.30. The molecule has 1 aliphatic carbocycles. The average molecular weight is 434 g/mol. The molecule has 2 heterocycles. The van der Waals surface area contributed by atoms with Gasteiger partial charge in [0, 0.05) is 39.1 Å². The van der Waals surface area contributed by atoms with E-state index in [-0.39, 0.29) is 60.5 Å². The average Bonchev–Trinajstić information content (AvgIpc) is 3.03. The molecule has 3 amide bonds. The Morgan fingerprint density at radius 1 is 0.900 bits per heavy atom. The van der Waals surface area contributed by atoms with E-state index in [9.17, 15) is 22.8 Å². The van der Waals surface area contributed by atoms with E-state index in [4.69, 9.17) is 0 Å². The van der Waals surface area contributed by atoms with Crippen molar-refractivity contribution in [2.45, 2.75) is 37.0 Å². The lowest BCUT2D eigenvalue weighted by molar-refractivity contribution is -0.141. The molecular formula is C21H27N3O5S. The molecule has 0 aromatic heterocycles. The molecule has 9 heteroatoms. The van der Waals surface area contributed by atoms with Crippen LogP contribution in [-0.4, -0.2) is 73.0 Å². The molecule has 1 aromatic carbocycles. The Hall–Kier alpha value is -2.26. The van der Waals surface area contributed by atoms with Crippen LogP contribution in [-0.2, 0) is 24.4 Å².